The molecular formula is C19H16N2O5S. The van der Waals surface area contributed by atoms with Crippen LogP contribution in [0.5, 0.6) is 5.75 Å². The fraction of sp³-hybridized carbons (Fsp3) is 0.158. The highest BCUT2D eigenvalue weighted by Gasteiger charge is 2.34. The van der Waals surface area contributed by atoms with E-state index >= 15 is 0 Å². The Morgan fingerprint density at radius 1 is 1.00 bits per heavy atom. The average Bonchev–Trinajstić information content (AvgIpc) is 2.88. The Bertz CT molecular complexity index is 1120. The molecule has 8 heteroatoms. The summed E-state index contributed by atoms with van der Waals surface area (Å²) in [6.07, 6.45) is 0.487. The van der Waals surface area contributed by atoms with Gasteiger partial charge in [-0.15, -0.1) is 0 Å². The van der Waals surface area contributed by atoms with Gasteiger partial charge in [0.15, 0.2) is 0 Å². The van der Waals surface area contributed by atoms with Crippen molar-refractivity contribution < 1.29 is 18.1 Å². The van der Waals surface area contributed by atoms with Gasteiger partial charge in [-0.05, 0) is 29.7 Å². The number of hydrogen-bond donors (Lipinski definition) is 0. The second kappa shape index (κ2) is 6.55. The second-order valence-electron chi connectivity index (χ2n) is 6.16. The molecule has 0 spiro atoms. The molecule has 0 bridgehead atoms. The van der Waals surface area contributed by atoms with Crippen LogP contribution in [0.1, 0.15) is 6.42 Å². The normalized spacial score (nSPS) is 14.4. The summed E-state index contributed by atoms with van der Waals surface area (Å²) in [5.41, 5.74) is 0.690. The molecule has 0 radical (unpaired) electrons. The van der Waals surface area contributed by atoms with Crippen LogP contribution in [0.15, 0.2) is 65.6 Å². The minimum Gasteiger partial charge on any atom is -0.494 e. The first-order valence-electron chi connectivity index (χ1n) is 8.40. The minimum atomic E-state index is -3.56. The van der Waals surface area contributed by atoms with Gasteiger partial charge in [-0.1, -0.05) is 24.3 Å². The van der Waals surface area contributed by atoms with E-state index in [0.29, 0.717) is 35.9 Å². The molecule has 0 fully saturated rings. The van der Waals surface area contributed by atoms with Crippen molar-refractivity contribution in [3.8, 4) is 5.75 Å². The van der Waals surface area contributed by atoms with Crippen molar-refractivity contribution in [3.05, 3.63) is 70.8 Å². The Balaban J connectivity index is 1.45. The monoisotopic (exact) mass is 384 g/mol. The smallest absolute Gasteiger partial charge is 0.269 e. The number of nitro benzene ring substituents is 1. The number of nitro groups is 1. The predicted octanol–water partition coefficient (Wildman–Crippen LogP) is 3.73. The van der Waals surface area contributed by atoms with E-state index in [1.165, 1.54) is 28.6 Å². The van der Waals surface area contributed by atoms with Crippen LogP contribution in [0.3, 0.4) is 0 Å². The van der Waals surface area contributed by atoms with E-state index in [4.69, 9.17) is 4.74 Å². The Morgan fingerprint density at radius 2 is 1.70 bits per heavy atom. The summed E-state index contributed by atoms with van der Waals surface area (Å²) in [4.78, 5) is 10.5. The summed E-state index contributed by atoms with van der Waals surface area (Å²) in [7, 11) is -3.56. The number of anilines is 1. The lowest BCUT2D eigenvalue weighted by Crippen LogP contribution is -2.29. The lowest BCUT2D eigenvalue weighted by molar-refractivity contribution is -0.384. The van der Waals surface area contributed by atoms with Crippen molar-refractivity contribution >= 4 is 32.2 Å². The highest BCUT2D eigenvalue weighted by molar-refractivity contribution is 7.93. The first kappa shape index (κ1) is 17.3. The molecule has 7 nitrogen and oxygen atoms in total. The van der Waals surface area contributed by atoms with Gasteiger partial charge in [0.1, 0.15) is 5.75 Å². The summed E-state index contributed by atoms with van der Waals surface area (Å²) < 4.78 is 32.7. The highest BCUT2D eigenvalue weighted by atomic mass is 32.2. The van der Waals surface area contributed by atoms with Gasteiger partial charge in [-0.3, -0.25) is 14.4 Å². The van der Waals surface area contributed by atoms with Gasteiger partial charge < -0.3 is 4.74 Å². The van der Waals surface area contributed by atoms with Crippen LogP contribution >= 0.6 is 0 Å². The van der Waals surface area contributed by atoms with E-state index in [2.05, 4.69) is 0 Å². The van der Waals surface area contributed by atoms with Gasteiger partial charge in [0, 0.05) is 30.5 Å². The Kier molecular flexibility index (Phi) is 4.19. The summed E-state index contributed by atoms with van der Waals surface area (Å²) in [6.45, 7) is 0.596. The molecule has 3 aromatic rings. The second-order valence-corrected chi connectivity index (χ2v) is 7.99. The number of non-ortho nitro benzene ring substituents is 1. The Labute approximate surface area is 156 Å². The standard InChI is InChI=1S/C19H16N2O5S/c22-21(23)15-8-10-16(11-9-15)26-13-3-12-20-17-6-1-4-14-5-2-7-18(19(14)17)27(20,24)25/h1-2,4-11H,3,12-13H2. The number of ether oxygens (including phenoxy) is 1. The minimum absolute atomic E-state index is 0.00336. The molecule has 0 aromatic heterocycles. The maximum absolute atomic E-state index is 12.9. The SMILES string of the molecule is O=[N+]([O-])c1ccc(OCCCN2c3cccc4cccc(c34)S2(=O)=O)cc1. The fourth-order valence-corrected chi connectivity index (χ4v) is 5.01. The summed E-state index contributed by atoms with van der Waals surface area (Å²) >= 11 is 0. The molecule has 0 atom stereocenters. The molecule has 0 aliphatic carbocycles. The van der Waals surface area contributed by atoms with E-state index in [1.54, 1.807) is 12.1 Å². The average molecular weight is 384 g/mol. The van der Waals surface area contributed by atoms with Crippen LogP contribution in [-0.4, -0.2) is 26.5 Å². The first-order chi connectivity index (χ1) is 13.0. The van der Waals surface area contributed by atoms with Crippen LogP contribution in [0, 0.1) is 10.1 Å². The lowest BCUT2D eigenvalue weighted by atomic mass is 10.1. The maximum atomic E-state index is 12.9. The van der Waals surface area contributed by atoms with E-state index in [0.717, 1.165) is 10.8 Å². The zero-order valence-corrected chi connectivity index (χ0v) is 15.1. The van der Waals surface area contributed by atoms with Crippen molar-refractivity contribution in [1.82, 2.24) is 0 Å². The van der Waals surface area contributed by atoms with Gasteiger partial charge in [-0.2, -0.15) is 0 Å². The zero-order valence-electron chi connectivity index (χ0n) is 14.2. The fourth-order valence-electron chi connectivity index (χ4n) is 3.26. The van der Waals surface area contributed by atoms with Crippen LogP contribution in [0.2, 0.25) is 0 Å². The van der Waals surface area contributed by atoms with Gasteiger partial charge >= 0.3 is 0 Å². The molecule has 0 saturated heterocycles. The van der Waals surface area contributed by atoms with Gasteiger partial charge in [-0.25, -0.2) is 8.42 Å². The van der Waals surface area contributed by atoms with Crippen molar-refractivity contribution in [3.63, 3.8) is 0 Å². The molecule has 0 unspecified atom stereocenters. The molecule has 0 amide bonds. The molecule has 4 rings (SSSR count). The zero-order chi connectivity index (χ0) is 19.0. The van der Waals surface area contributed by atoms with E-state index in [1.807, 2.05) is 24.3 Å². The summed E-state index contributed by atoms with van der Waals surface area (Å²) in [6, 6.07) is 16.7. The van der Waals surface area contributed by atoms with Crippen molar-refractivity contribution in [1.29, 1.82) is 0 Å². The molecule has 1 aliphatic heterocycles. The van der Waals surface area contributed by atoms with Crippen LogP contribution in [-0.2, 0) is 10.0 Å². The highest BCUT2D eigenvalue weighted by Crippen LogP contribution is 2.41. The van der Waals surface area contributed by atoms with Crippen LogP contribution < -0.4 is 9.04 Å². The number of rotatable bonds is 6. The molecule has 1 aliphatic rings. The van der Waals surface area contributed by atoms with E-state index in [-0.39, 0.29) is 5.69 Å². The van der Waals surface area contributed by atoms with E-state index < -0.39 is 14.9 Å². The number of hydrogen-bond acceptors (Lipinski definition) is 5. The Hall–Kier alpha value is -3.13. The molecular weight excluding hydrogens is 368 g/mol. The maximum Gasteiger partial charge on any atom is 0.269 e. The third kappa shape index (κ3) is 2.97. The van der Waals surface area contributed by atoms with Gasteiger partial charge in [0.05, 0.1) is 22.1 Å². The van der Waals surface area contributed by atoms with Crippen molar-refractivity contribution in [2.75, 3.05) is 17.5 Å². The molecule has 3 aromatic carbocycles. The van der Waals surface area contributed by atoms with Gasteiger partial charge in [0.2, 0.25) is 0 Å². The largest absolute Gasteiger partial charge is 0.494 e. The van der Waals surface area contributed by atoms with Gasteiger partial charge in [0.25, 0.3) is 15.7 Å². The number of benzene rings is 3. The topological polar surface area (TPSA) is 89.8 Å². The summed E-state index contributed by atoms with van der Waals surface area (Å²) in [5.74, 6) is 0.510. The first-order valence-corrected chi connectivity index (χ1v) is 9.84. The summed E-state index contributed by atoms with van der Waals surface area (Å²) in [5, 5.41) is 12.3. The third-order valence-corrected chi connectivity index (χ3v) is 6.36. The predicted molar refractivity (Wildman–Crippen MR) is 102 cm³/mol. The molecule has 0 N–H and O–H groups in total. The number of nitrogens with zero attached hydrogens (tertiary/aromatic N) is 2. The number of sulfonamides is 1. The van der Waals surface area contributed by atoms with Crippen molar-refractivity contribution in [2.45, 2.75) is 11.3 Å². The third-order valence-electron chi connectivity index (χ3n) is 4.50. The molecule has 1 heterocycles. The van der Waals surface area contributed by atoms with Crippen molar-refractivity contribution in [2.24, 2.45) is 0 Å². The molecule has 0 saturated carbocycles. The molecule has 138 valence electrons. The lowest BCUT2D eigenvalue weighted by Gasteiger charge is -2.18. The Morgan fingerprint density at radius 3 is 2.41 bits per heavy atom. The quantitative estimate of drug-likeness (QED) is 0.367. The van der Waals surface area contributed by atoms with Crippen LogP contribution in [0.4, 0.5) is 11.4 Å². The van der Waals surface area contributed by atoms with E-state index in [9.17, 15) is 18.5 Å². The molecule has 27 heavy (non-hydrogen) atoms. The van der Waals surface area contributed by atoms with Crippen LogP contribution in [0.25, 0.3) is 10.8 Å².